The zero-order valence-corrected chi connectivity index (χ0v) is 14.5. The van der Waals surface area contributed by atoms with Crippen molar-refractivity contribution in [3.05, 3.63) is 51.2 Å². The van der Waals surface area contributed by atoms with Crippen LogP contribution in [-0.2, 0) is 19.3 Å². The number of carbonyl (C=O) groups is 1. The Hall–Kier alpha value is -1.81. The molecule has 1 N–H and O–H groups in total. The van der Waals surface area contributed by atoms with E-state index in [9.17, 15) is 4.79 Å². The fourth-order valence-electron chi connectivity index (χ4n) is 3.08. The van der Waals surface area contributed by atoms with Crippen LogP contribution < -0.4 is 10.1 Å². The van der Waals surface area contributed by atoms with Crippen LogP contribution in [0, 0.1) is 5.92 Å². The van der Waals surface area contributed by atoms with Crippen LogP contribution in [0.2, 0.25) is 0 Å². The van der Waals surface area contributed by atoms with Gasteiger partial charge in [0.1, 0.15) is 5.75 Å². The molecule has 0 saturated heterocycles. The Morgan fingerprint density at radius 3 is 2.87 bits per heavy atom. The van der Waals surface area contributed by atoms with Crippen LogP contribution in [0.1, 0.15) is 39.7 Å². The summed E-state index contributed by atoms with van der Waals surface area (Å²) in [5.74, 6) is 1.68. The molecule has 1 heterocycles. The lowest BCUT2D eigenvalue weighted by Crippen LogP contribution is -2.26. The second kappa shape index (κ2) is 7.18. The van der Waals surface area contributed by atoms with E-state index in [1.807, 2.05) is 29.6 Å². The average molecular weight is 329 g/mol. The van der Waals surface area contributed by atoms with Crippen LogP contribution in [0.5, 0.6) is 5.75 Å². The number of ether oxygens (including phenoxy) is 1. The molecule has 1 unspecified atom stereocenters. The van der Waals surface area contributed by atoms with Crippen LogP contribution in [0.3, 0.4) is 0 Å². The van der Waals surface area contributed by atoms with Gasteiger partial charge < -0.3 is 10.1 Å². The molecule has 0 bridgehead atoms. The maximum atomic E-state index is 12.4. The number of carbonyl (C=O) groups excluding carboxylic acids is 1. The smallest absolute Gasteiger partial charge is 0.252 e. The number of thiophene rings is 1. The standard InChI is InChI=1S/C19H23NO2S/c1-13-3-8-16-17(12-23-18(16)11-13)19(21)20-10-9-14-4-6-15(22-2)7-5-14/h4-7,12-13H,3,8-11H2,1-2H3,(H,20,21). The van der Waals surface area contributed by atoms with Crippen molar-refractivity contribution >= 4 is 17.2 Å². The highest BCUT2D eigenvalue weighted by Gasteiger charge is 2.22. The summed E-state index contributed by atoms with van der Waals surface area (Å²) in [6, 6.07) is 7.98. The molecule has 2 aromatic rings. The van der Waals surface area contributed by atoms with E-state index in [4.69, 9.17) is 4.74 Å². The number of fused-ring (bicyclic) bond motifs is 1. The topological polar surface area (TPSA) is 38.3 Å². The van der Waals surface area contributed by atoms with Gasteiger partial charge in [0.15, 0.2) is 0 Å². The maximum absolute atomic E-state index is 12.4. The minimum absolute atomic E-state index is 0.0746. The lowest BCUT2D eigenvalue weighted by atomic mass is 9.88. The number of hydrogen-bond acceptors (Lipinski definition) is 3. The third-order valence-corrected chi connectivity index (χ3v) is 5.56. The van der Waals surface area contributed by atoms with Crippen molar-refractivity contribution in [2.75, 3.05) is 13.7 Å². The van der Waals surface area contributed by atoms with Gasteiger partial charge in [-0.2, -0.15) is 0 Å². The first-order valence-corrected chi connectivity index (χ1v) is 9.05. The zero-order chi connectivity index (χ0) is 16.2. The van der Waals surface area contributed by atoms with Crippen LogP contribution in [0.25, 0.3) is 0 Å². The third kappa shape index (κ3) is 3.75. The molecular formula is C19H23NO2S. The molecule has 3 rings (SSSR count). The Bertz CT molecular complexity index is 675. The Labute approximate surface area is 141 Å². The molecule has 0 aliphatic heterocycles. The van der Waals surface area contributed by atoms with Gasteiger partial charge in [0.25, 0.3) is 5.91 Å². The molecule has 0 fully saturated rings. The van der Waals surface area contributed by atoms with E-state index in [1.54, 1.807) is 18.4 Å². The number of methoxy groups -OCH3 is 1. The van der Waals surface area contributed by atoms with Crippen molar-refractivity contribution in [2.24, 2.45) is 5.92 Å². The summed E-state index contributed by atoms with van der Waals surface area (Å²) >= 11 is 1.74. The van der Waals surface area contributed by atoms with Gasteiger partial charge in [0.05, 0.1) is 12.7 Å². The molecule has 122 valence electrons. The summed E-state index contributed by atoms with van der Waals surface area (Å²) in [7, 11) is 1.66. The highest BCUT2D eigenvalue weighted by Crippen LogP contribution is 2.32. The number of rotatable bonds is 5. The molecular weight excluding hydrogens is 306 g/mol. The molecule has 1 aliphatic carbocycles. The van der Waals surface area contributed by atoms with Gasteiger partial charge in [0, 0.05) is 16.8 Å². The average Bonchev–Trinajstić information content (AvgIpc) is 2.98. The van der Waals surface area contributed by atoms with Crippen molar-refractivity contribution < 1.29 is 9.53 Å². The highest BCUT2D eigenvalue weighted by atomic mass is 32.1. The van der Waals surface area contributed by atoms with Crippen LogP contribution in [0.4, 0.5) is 0 Å². The lowest BCUT2D eigenvalue weighted by Gasteiger charge is -2.18. The van der Waals surface area contributed by atoms with E-state index in [-0.39, 0.29) is 5.91 Å². The van der Waals surface area contributed by atoms with Crippen molar-refractivity contribution in [1.82, 2.24) is 5.32 Å². The summed E-state index contributed by atoms with van der Waals surface area (Å²) < 4.78 is 5.15. The Morgan fingerprint density at radius 2 is 2.13 bits per heavy atom. The number of hydrogen-bond donors (Lipinski definition) is 1. The second-order valence-electron chi connectivity index (χ2n) is 6.25. The molecule has 4 heteroatoms. The Kier molecular flexibility index (Phi) is 5.01. The van der Waals surface area contributed by atoms with Gasteiger partial charge in [-0.05, 0) is 54.9 Å². The molecule has 0 saturated carbocycles. The van der Waals surface area contributed by atoms with Crippen molar-refractivity contribution in [2.45, 2.75) is 32.6 Å². The summed E-state index contributed by atoms with van der Waals surface area (Å²) in [6.45, 7) is 2.95. The first kappa shape index (κ1) is 16.1. The lowest BCUT2D eigenvalue weighted by molar-refractivity contribution is 0.0953. The van der Waals surface area contributed by atoms with E-state index in [0.29, 0.717) is 6.54 Å². The van der Waals surface area contributed by atoms with E-state index >= 15 is 0 Å². The highest BCUT2D eigenvalue weighted by molar-refractivity contribution is 7.10. The van der Waals surface area contributed by atoms with Gasteiger partial charge in [-0.25, -0.2) is 0 Å². The molecule has 1 aliphatic rings. The number of benzene rings is 1. The van der Waals surface area contributed by atoms with Gasteiger partial charge in [0.2, 0.25) is 0 Å². The normalized spacial score (nSPS) is 16.7. The molecule has 0 spiro atoms. The van der Waals surface area contributed by atoms with Gasteiger partial charge in [-0.1, -0.05) is 19.1 Å². The van der Waals surface area contributed by atoms with Gasteiger partial charge in [-0.15, -0.1) is 11.3 Å². The molecule has 1 amide bonds. The van der Waals surface area contributed by atoms with E-state index in [0.717, 1.165) is 36.5 Å². The fourth-order valence-corrected chi connectivity index (χ4v) is 4.32. The first-order chi connectivity index (χ1) is 11.2. The fraction of sp³-hybridized carbons (Fsp3) is 0.421. The summed E-state index contributed by atoms with van der Waals surface area (Å²) in [5.41, 5.74) is 3.38. The van der Waals surface area contributed by atoms with Gasteiger partial charge >= 0.3 is 0 Å². The quantitative estimate of drug-likeness (QED) is 0.905. The largest absolute Gasteiger partial charge is 0.497 e. The molecule has 1 aromatic carbocycles. The van der Waals surface area contributed by atoms with Gasteiger partial charge in [-0.3, -0.25) is 4.79 Å². The third-order valence-electron chi connectivity index (χ3n) is 4.50. The van der Waals surface area contributed by atoms with Crippen LogP contribution in [0.15, 0.2) is 29.6 Å². The first-order valence-electron chi connectivity index (χ1n) is 8.17. The minimum Gasteiger partial charge on any atom is -0.497 e. The monoisotopic (exact) mass is 329 g/mol. The van der Waals surface area contributed by atoms with Crippen LogP contribution in [-0.4, -0.2) is 19.6 Å². The SMILES string of the molecule is COc1ccc(CCNC(=O)c2csc3c2CCC(C)C3)cc1. The molecule has 1 atom stereocenters. The molecule has 3 nitrogen and oxygen atoms in total. The summed E-state index contributed by atoms with van der Waals surface area (Å²) in [6.07, 6.45) is 4.19. The number of amides is 1. The maximum Gasteiger partial charge on any atom is 0.252 e. The predicted octanol–water partition coefficient (Wildman–Crippen LogP) is 3.85. The predicted molar refractivity (Wildman–Crippen MR) is 94.5 cm³/mol. The van der Waals surface area contributed by atoms with Crippen molar-refractivity contribution in [1.29, 1.82) is 0 Å². The van der Waals surface area contributed by atoms with Crippen molar-refractivity contribution in [3.8, 4) is 5.75 Å². The Balaban J connectivity index is 1.55. The zero-order valence-electron chi connectivity index (χ0n) is 13.7. The van der Waals surface area contributed by atoms with E-state index in [1.165, 1.54) is 22.4 Å². The summed E-state index contributed by atoms with van der Waals surface area (Å²) in [5, 5.41) is 5.09. The second-order valence-corrected chi connectivity index (χ2v) is 7.22. The number of nitrogens with one attached hydrogen (secondary N) is 1. The molecule has 23 heavy (non-hydrogen) atoms. The summed E-state index contributed by atoms with van der Waals surface area (Å²) in [4.78, 5) is 13.8. The minimum atomic E-state index is 0.0746. The van der Waals surface area contributed by atoms with E-state index < -0.39 is 0 Å². The molecule has 0 radical (unpaired) electrons. The van der Waals surface area contributed by atoms with E-state index in [2.05, 4.69) is 12.2 Å². The van der Waals surface area contributed by atoms with Crippen molar-refractivity contribution in [3.63, 3.8) is 0 Å². The van der Waals surface area contributed by atoms with Crippen LogP contribution >= 0.6 is 11.3 Å². The Morgan fingerprint density at radius 1 is 1.35 bits per heavy atom. The molecule has 1 aromatic heterocycles.